The summed E-state index contributed by atoms with van der Waals surface area (Å²) in [5, 5.41) is 8.35. The normalized spacial score (nSPS) is 12.1. The van der Waals surface area contributed by atoms with Crippen LogP contribution >= 0.6 is 34.0 Å². The summed E-state index contributed by atoms with van der Waals surface area (Å²) in [4.78, 5) is 7.63. The summed E-state index contributed by atoms with van der Waals surface area (Å²) in [7, 11) is 0. The van der Waals surface area contributed by atoms with E-state index in [9.17, 15) is 0 Å². The van der Waals surface area contributed by atoms with Crippen molar-refractivity contribution in [3.63, 3.8) is 0 Å². The maximum absolute atomic E-state index is 6.24. The van der Waals surface area contributed by atoms with Crippen molar-refractivity contribution < 1.29 is 4.42 Å². The molecule has 0 spiro atoms. The molecular weight excluding hydrogens is 657 g/mol. The van der Waals surface area contributed by atoms with Gasteiger partial charge in [-0.15, -0.1) is 34.0 Å². The fraction of sp³-hybridized carbons (Fsp3) is 0. The Morgan fingerprint density at radius 3 is 1.98 bits per heavy atom. The molecule has 0 fully saturated rings. The second-order valence-corrected chi connectivity index (χ2v) is 15.5. The highest BCUT2D eigenvalue weighted by molar-refractivity contribution is 7.26. The summed E-state index contributed by atoms with van der Waals surface area (Å²) in [5.74, 6) is 0. The predicted molar refractivity (Wildman–Crippen MR) is 213 cm³/mol. The van der Waals surface area contributed by atoms with Crippen molar-refractivity contribution in [1.29, 1.82) is 0 Å². The third-order valence-corrected chi connectivity index (χ3v) is 12.8. The van der Waals surface area contributed by atoms with E-state index in [1.54, 1.807) is 11.3 Å². The molecule has 0 atom stereocenters. The average molecular weight is 681 g/mol. The van der Waals surface area contributed by atoms with Gasteiger partial charge in [0.15, 0.2) is 0 Å². The zero-order valence-corrected chi connectivity index (χ0v) is 28.3. The molecule has 3 nitrogen and oxygen atoms in total. The fourth-order valence-corrected chi connectivity index (χ4v) is 10.4. The summed E-state index contributed by atoms with van der Waals surface area (Å²) in [5.41, 5.74) is 7.34. The quantitative estimate of drug-likeness (QED) is 0.185. The number of fused-ring (bicyclic) bond motifs is 11. The molecule has 0 saturated carbocycles. The van der Waals surface area contributed by atoms with Crippen molar-refractivity contribution in [1.82, 2.24) is 4.98 Å². The Balaban J connectivity index is 1.16. The highest BCUT2D eigenvalue weighted by atomic mass is 32.1. The van der Waals surface area contributed by atoms with Crippen molar-refractivity contribution in [2.75, 3.05) is 4.90 Å². The minimum absolute atomic E-state index is 0.893. The number of hydrogen-bond acceptors (Lipinski definition) is 6. The van der Waals surface area contributed by atoms with Crippen molar-refractivity contribution >= 4 is 124 Å². The van der Waals surface area contributed by atoms with Gasteiger partial charge in [0.25, 0.3) is 0 Å². The molecule has 0 radical (unpaired) electrons. The Morgan fingerprint density at radius 2 is 1.06 bits per heavy atom. The van der Waals surface area contributed by atoms with Gasteiger partial charge < -0.3 is 9.32 Å². The van der Waals surface area contributed by atoms with Crippen LogP contribution in [0.4, 0.5) is 17.1 Å². The first-order chi connectivity index (χ1) is 24.2. The van der Waals surface area contributed by atoms with Crippen molar-refractivity contribution in [3.8, 4) is 10.6 Å². The van der Waals surface area contributed by atoms with Gasteiger partial charge in [-0.3, -0.25) is 0 Å². The lowest BCUT2D eigenvalue weighted by atomic mass is 10.1. The number of nitrogens with zero attached hydrogens (tertiary/aromatic N) is 2. The highest BCUT2D eigenvalue weighted by Crippen LogP contribution is 2.46. The van der Waals surface area contributed by atoms with Crippen LogP contribution in [0, 0.1) is 0 Å². The molecule has 0 aliphatic carbocycles. The van der Waals surface area contributed by atoms with E-state index in [2.05, 4.69) is 138 Å². The first kappa shape index (κ1) is 27.4. The summed E-state index contributed by atoms with van der Waals surface area (Å²) >= 11 is 5.45. The van der Waals surface area contributed by atoms with Gasteiger partial charge in [-0.05, 0) is 72.8 Å². The average Bonchev–Trinajstić information content (AvgIpc) is 3.92. The zero-order chi connectivity index (χ0) is 32.1. The standard InChI is InChI=1S/C43H24N2OS3/c1-2-8-25(9-3-1)43-44-42-39(49-43)21-20-38-41(42)33-23-27(16-19-37(33)47-38)45(26-15-18-35-32(22-26)29-10-4-6-12-34(29)46-35)28-14-17-31-30-11-5-7-13-36(30)48-40(31)24-28/h1-24H. The zero-order valence-electron chi connectivity index (χ0n) is 25.9. The number of thiophene rings is 2. The molecule has 0 aliphatic heterocycles. The summed E-state index contributed by atoms with van der Waals surface area (Å²) in [6, 6.07) is 52.3. The second-order valence-electron chi connectivity index (χ2n) is 12.3. The second kappa shape index (κ2) is 10.5. The number of anilines is 3. The van der Waals surface area contributed by atoms with E-state index >= 15 is 0 Å². The number of furan rings is 1. The van der Waals surface area contributed by atoms with E-state index in [0.29, 0.717) is 0 Å². The van der Waals surface area contributed by atoms with Crippen molar-refractivity contribution in [3.05, 3.63) is 146 Å². The van der Waals surface area contributed by atoms with Crippen LogP contribution < -0.4 is 4.90 Å². The smallest absolute Gasteiger partial charge is 0.135 e. The molecule has 0 amide bonds. The molecule has 4 aromatic heterocycles. The molecule has 0 bridgehead atoms. The molecule has 0 N–H and O–H groups in total. The first-order valence-electron chi connectivity index (χ1n) is 16.2. The topological polar surface area (TPSA) is 29.3 Å². The Bertz CT molecular complexity index is 3070. The van der Waals surface area contributed by atoms with Crippen molar-refractivity contribution in [2.45, 2.75) is 0 Å². The van der Waals surface area contributed by atoms with E-state index < -0.39 is 0 Å². The lowest BCUT2D eigenvalue weighted by Crippen LogP contribution is -2.09. The molecule has 7 aromatic carbocycles. The SMILES string of the molecule is c1ccc(-c2nc3c(ccc4sc5ccc(N(c6ccc7c(c6)sc6ccccc67)c6ccc7oc8ccccc8c7c6)cc5c43)s2)cc1. The van der Waals surface area contributed by atoms with Crippen LogP contribution in [0.3, 0.4) is 0 Å². The number of hydrogen-bond donors (Lipinski definition) is 0. The fourth-order valence-electron chi connectivity index (χ4n) is 7.24. The Labute approximate surface area is 292 Å². The Kier molecular flexibility index (Phi) is 5.87. The first-order valence-corrected chi connectivity index (χ1v) is 18.6. The van der Waals surface area contributed by atoms with E-state index in [1.165, 1.54) is 45.0 Å². The largest absolute Gasteiger partial charge is 0.456 e. The monoisotopic (exact) mass is 680 g/mol. The van der Waals surface area contributed by atoms with Crippen LogP contribution in [-0.4, -0.2) is 4.98 Å². The molecule has 49 heavy (non-hydrogen) atoms. The minimum Gasteiger partial charge on any atom is -0.456 e. The maximum Gasteiger partial charge on any atom is 0.135 e. The van der Waals surface area contributed by atoms with Crippen LogP contribution in [-0.2, 0) is 0 Å². The van der Waals surface area contributed by atoms with E-state index in [1.807, 2.05) is 34.8 Å². The molecule has 0 aliphatic rings. The summed E-state index contributed by atoms with van der Waals surface area (Å²) in [6.07, 6.45) is 0. The lowest BCUT2D eigenvalue weighted by Gasteiger charge is -2.26. The lowest BCUT2D eigenvalue weighted by molar-refractivity contribution is 0.669. The van der Waals surface area contributed by atoms with Gasteiger partial charge in [-0.25, -0.2) is 4.98 Å². The summed E-state index contributed by atoms with van der Waals surface area (Å²) < 4.78 is 12.5. The van der Waals surface area contributed by atoms with E-state index in [-0.39, 0.29) is 0 Å². The Hall–Kier alpha value is -5.53. The van der Waals surface area contributed by atoms with Crippen LogP contribution in [0.2, 0.25) is 0 Å². The third kappa shape index (κ3) is 4.21. The van der Waals surface area contributed by atoms with Gasteiger partial charge in [0.05, 0.1) is 10.2 Å². The number of thiazole rings is 1. The van der Waals surface area contributed by atoms with Gasteiger partial charge in [0.2, 0.25) is 0 Å². The number of aromatic nitrogens is 1. The molecule has 6 heteroatoms. The van der Waals surface area contributed by atoms with Gasteiger partial charge >= 0.3 is 0 Å². The van der Waals surface area contributed by atoms with Gasteiger partial charge in [0.1, 0.15) is 16.2 Å². The van der Waals surface area contributed by atoms with Crippen molar-refractivity contribution in [2.24, 2.45) is 0 Å². The van der Waals surface area contributed by atoms with Crippen LogP contribution in [0.1, 0.15) is 0 Å². The van der Waals surface area contributed by atoms with Gasteiger partial charge in [0, 0.05) is 73.7 Å². The van der Waals surface area contributed by atoms with E-state index in [0.717, 1.165) is 55.1 Å². The molecule has 4 heterocycles. The third-order valence-electron chi connectivity index (χ3n) is 9.49. The maximum atomic E-state index is 6.24. The number of para-hydroxylation sites is 1. The number of benzene rings is 7. The van der Waals surface area contributed by atoms with Crippen LogP contribution in [0.15, 0.2) is 150 Å². The number of rotatable bonds is 4. The molecule has 11 aromatic rings. The minimum atomic E-state index is 0.893. The van der Waals surface area contributed by atoms with Gasteiger partial charge in [-0.2, -0.15) is 0 Å². The van der Waals surface area contributed by atoms with Crippen LogP contribution in [0.25, 0.3) is 83.1 Å². The summed E-state index contributed by atoms with van der Waals surface area (Å²) in [6.45, 7) is 0. The molecular formula is C43H24N2OS3. The molecule has 0 unspecified atom stereocenters. The highest BCUT2D eigenvalue weighted by Gasteiger charge is 2.20. The Morgan fingerprint density at radius 1 is 0.429 bits per heavy atom. The predicted octanol–water partition coefficient (Wildman–Crippen LogP) is 14.1. The molecule has 11 rings (SSSR count). The van der Waals surface area contributed by atoms with Crippen LogP contribution in [0.5, 0.6) is 0 Å². The molecule has 230 valence electrons. The van der Waals surface area contributed by atoms with E-state index in [4.69, 9.17) is 9.40 Å². The van der Waals surface area contributed by atoms with Gasteiger partial charge in [-0.1, -0.05) is 72.8 Å². The molecule has 0 saturated heterocycles.